The van der Waals surface area contributed by atoms with E-state index in [1.54, 1.807) is 24.3 Å². The fourth-order valence-electron chi connectivity index (χ4n) is 2.90. The van der Waals surface area contributed by atoms with Gasteiger partial charge in [0.25, 0.3) is 0 Å². The van der Waals surface area contributed by atoms with Gasteiger partial charge in [0.15, 0.2) is 6.61 Å². The first-order valence-electron chi connectivity index (χ1n) is 10.3. The molecule has 0 heterocycles. The summed E-state index contributed by atoms with van der Waals surface area (Å²) in [6.45, 7) is 4.32. The highest BCUT2D eigenvalue weighted by Crippen LogP contribution is 2.19. The predicted octanol–water partition coefficient (Wildman–Crippen LogP) is 5.19. The summed E-state index contributed by atoms with van der Waals surface area (Å²) in [5.41, 5.74) is 2.71. The van der Waals surface area contributed by atoms with Crippen LogP contribution in [0.1, 0.15) is 41.3 Å². The van der Waals surface area contributed by atoms with Crippen LogP contribution in [-0.4, -0.2) is 25.2 Å². The van der Waals surface area contributed by atoms with E-state index in [0.717, 1.165) is 5.56 Å². The van der Waals surface area contributed by atoms with Gasteiger partial charge in [-0.15, -0.1) is 0 Å². The molecule has 0 unspecified atom stereocenters. The molecule has 0 bridgehead atoms. The molecule has 31 heavy (non-hydrogen) atoms. The molecule has 0 radical (unpaired) electrons. The number of hydrogen-bond donors (Lipinski definition) is 0. The Morgan fingerprint density at radius 2 is 1.45 bits per heavy atom. The van der Waals surface area contributed by atoms with Crippen LogP contribution < -0.4 is 9.47 Å². The van der Waals surface area contributed by atoms with E-state index in [1.165, 1.54) is 5.56 Å². The van der Waals surface area contributed by atoms with Gasteiger partial charge in [0.2, 0.25) is 0 Å². The van der Waals surface area contributed by atoms with Crippen molar-refractivity contribution in [3.05, 3.63) is 95.6 Å². The van der Waals surface area contributed by atoms with E-state index in [1.807, 2.05) is 54.6 Å². The Labute approximate surface area is 182 Å². The fraction of sp³-hybridized carbons (Fsp3) is 0.231. The van der Waals surface area contributed by atoms with Crippen molar-refractivity contribution in [2.45, 2.75) is 26.2 Å². The molecule has 0 spiro atoms. The Balaban J connectivity index is 1.42. The largest absolute Gasteiger partial charge is 0.482 e. The maximum absolute atomic E-state index is 12.1. The molecule has 3 aromatic carbocycles. The summed E-state index contributed by atoms with van der Waals surface area (Å²) in [5.74, 6) is 0.441. The Morgan fingerprint density at radius 1 is 0.806 bits per heavy atom. The molecule has 3 rings (SSSR count). The van der Waals surface area contributed by atoms with Gasteiger partial charge in [0.1, 0.15) is 11.5 Å². The van der Waals surface area contributed by atoms with Crippen molar-refractivity contribution in [3.63, 3.8) is 0 Å². The molecule has 0 amide bonds. The quantitative estimate of drug-likeness (QED) is 0.353. The second-order valence-corrected chi connectivity index (χ2v) is 7.38. The molecule has 5 heteroatoms. The number of hydrogen-bond acceptors (Lipinski definition) is 5. The van der Waals surface area contributed by atoms with Gasteiger partial charge in [-0.2, -0.15) is 0 Å². The van der Waals surface area contributed by atoms with E-state index < -0.39 is 11.9 Å². The first-order chi connectivity index (χ1) is 15.0. The van der Waals surface area contributed by atoms with Crippen LogP contribution in [0, 0.1) is 0 Å². The van der Waals surface area contributed by atoms with Crippen LogP contribution >= 0.6 is 0 Å². The Hall–Kier alpha value is -3.60. The van der Waals surface area contributed by atoms with Crippen LogP contribution in [0.2, 0.25) is 0 Å². The first kappa shape index (κ1) is 22.1. The van der Waals surface area contributed by atoms with Crippen molar-refractivity contribution < 1.29 is 23.8 Å². The van der Waals surface area contributed by atoms with Crippen LogP contribution in [0.15, 0.2) is 78.9 Å². The van der Waals surface area contributed by atoms with Crippen molar-refractivity contribution >= 4 is 11.9 Å². The van der Waals surface area contributed by atoms with E-state index in [-0.39, 0.29) is 6.61 Å². The molecule has 5 nitrogen and oxygen atoms in total. The monoisotopic (exact) mass is 418 g/mol. The number of carbonyl (C=O) groups excluding carboxylic acids is 2. The van der Waals surface area contributed by atoms with Gasteiger partial charge >= 0.3 is 11.9 Å². The van der Waals surface area contributed by atoms with E-state index in [0.29, 0.717) is 36.0 Å². The minimum Gasteiger partial charge on any atom is -0.482 e. The predicted molar refractivity (Wildman–Crippen MR) is 119 cm³/mol. The zero-order valence-electron chi connectivity index (χ0n) is 17.7. The lowest BCUT2D eigenvalue weighted by Crippen LogP contribution is -2.17. The molecule has 0 fully saturated rings. The van der Waals surface area contributed by atoms with Crippen molar-refractivity contribution in [2.24, 2.45) is 0 Å². The van der Waals surface area contributed by atoms with Crippen molar-refractivity contribution in [1.82, 2.24) is 0 Å². The molecule has 0 aromatic heterocycles. The molecule has 0 atom stereocenters. The zero-order chi connectivity index (χ0) is 22.1. The number of esters is 2. The molecule has 0 aliphatic rings. The average Bonchev–Trinajstić information content (AvgIpc) is 2.79. The summed E-state index contributed by atoms with van der Waals surface area (Å²) >= 11 is 0. The SMILES string of the molecule is CC(C)c1ccc(OCC(=O)Oc2ccc(C(=O)OCCc3ccccc3)cc2)cc1. The summed E-state index contributed by atoms with van der Waals surface area (Å²) in [5, 5.41) is 0. The van der Waals surface area contributed by atoms with Crippen molar-refractivity contribution in [3.8, 4) is 11.5 Å². The summed E-state index contributed by atoms with van der Waals surface area (Å²) in [7, 11) is 0. The van der Waals surface area contributed by atoms with Gasteiger partial charge in [-0.05, 0) is 53.4 Å². The second kappa shape index (κ2) is 11.0. The lowest BCUT2D eigenvalue weighted by Gasteiger charge is -2.09. The molecule has 0 aliphatic carbocycles. The van der Waals surface area contributed by atoms with Crippen LogP contribution in [0.4, 0.5) is 0 Å². The summed E-state index contributed by atoms with van der Waals surface area (Å²) in [4.78, 5) is 24.2. The third-order valence-electron chi connectivity index (χ3n) is 4.69. The normalized spacial score (nSPS) is 10.5. The third kappa shape index (κ3) is 7.00. The van der Waals surface area contributed by atoms with Gasteiger partial charge in [0.05, 0.1) is 12.2 Å². The summed E-state index contributed by atoms with van der Waals surface area (Å²) in [6.07, 6.45) is 0.655. The number of ether oxygens (including phenoxy) is 3. The minimum absolute atomic E-state index is 0.204. The highest BCUT2D eigenvalue weighted by molar-refractivity contribution is 5.89. The van der Waals surface area contributed by atoms with Gasteiger partial charge in [-0.3, -0.25) is 0 Å². The van der Waals surface area contributed by atoms with Gasteiger partial charge in [-0.25, -0.2) is 9.59 Å². The maximum Gasteiger partial charge on any atom is 0.349 e. The Morgan fingerprint density at radius 3 is 2.10 bits per heavy atom. The Bertz CT molecular complexity index is 977. The van der Waals surface area contributed by atoms with Crippen LogP contribution in [0.5, 0.6) is 11.5 Å². The Kier molecular flexibility index (Phi) is 7.82. The molecular weight excluding hydrogens is 392 g/mol. The standard InChI is InChI=1S/C26H26O5/c1-19(2)21-8-12-23(13-9-21)30-18-25(27)31-24-14-10-22(11-15-24)26(28)29-17-16-20-6-4-3-5-7-20/h3-15,19H,16-18H2,1-2H3. The molecule has 0 N–H and O–H groups in total. The van der Waals surface area contributed by atoms with Gasteiger partial charge in [-0.1, -0.05) is 56.3 Å². The lowest BCUT2D eigenvalue weighted by molar-refractivity contribution is -0.136. The topological polar surface area (TPSA) is 61.8 Å². The second-order valence-electron chi connectivity index (χ2n) is 7.38. The number of rotatable bonds is 9. The molecule has 0 saturated heterocycles. The molecule has 160 valence electrons. The summed E-state index contributed by atoms with van der Waals surface area (Å²) < 4.78 is 16.0. The lowest BCUT2D eigenvalue weighted by atomic mass is 10.0. The number of carbonyl (C=O) groups is 2. The zero-order valence-corrected chi connectivity index (χ0v) is 17.7. The highest BCUT2D eigenvalue weighted by Gasteiger charge is 2.10. The van der Waals surface area contributed by atoms with Crippen LogP contribution in [0.25, 0.3) is 0 Å². The third-order valence-corrected chi connectivity index (χ3v) is 4.69. The van der Waals surface area contributed by atoms with Gasteiger partial charge in [0, 0.05) is 6.42 Å². The summed E-state index contributed by atoms with van der Waals surface area (Å²) in [6, 6.07) is 23.7. The van der Waals surface area contributed by atoms with Gasteiger partial charge < -0.3 is 14.2 Å². The maximum atomic E-state index is 12.1. The van der Waals surface area contributed by atoms with Crippen molar-refractivity contribution in [2.75, 3.05) is 13.2 Å². The average molecular weight is 418 g/mol. The number of benzene rings is 3. The molecule has 0 aliphatic heterocycles. The fourth-order valence-corrected chi connectivity index (χ4v) is 2.90. The molecule has 0 saturated carbocycles. The minimum atomic E-state index is -0.522. The van der Waals surface area contributed by atoms with Crippen LogP contribution in [0.3, 0.4) is 0 Å². The smallest absolute Gasteiger partial charge is 0.349 e. The first-order valence-corrected chi connectivity index (χ1v) is 10.3. The van der Waals surface area contributed by atoms with E-state index in [9.17, 15) is 9.59 Å². The van der Waals surface area contributed by atoms with E-state index >= 15 is 0 Å². The molecular formula is C26H26O5. The van der Waals surface area contributed by atoms with Crippen LogP contribution in [-0.2, 0) is 16.0 Å². The van der Waals surface area contributed by atoms with Crippen molar-refractivity contribution in [1.29, 1.82) is 0 Å². The molecule has 3 aromatic rings. The van der Waals surface area contributed by atoms with E-state index in [2.05, 4.69) is 13.8 Å². The highest BCUT2D eigenvalue weighted by atomic mass is 16.6. The van der Waals surface area contributed by atoms with E-state index in [4.69, 9.17) is 14.2 Å².